The number of carbonyl (C=O) groups is 2. The van der Waals surface area contributed by atoms with Crippen molar-refractivity contribution in [3.63, 3.8) is 0 Å². The Labute approximate surface area is 160 Å². The van der Waals surface area contributed by atoms with Gasteiger partial charge >= 0.3 is 0 Å². The third-order valence-corrected chi connectivity index (χ3v) is 5.00. The van der Waals surface area contributed by atoms with Gasteiger partial charge in [0.25, 0.3) is 17.4 Å². The number of aromatic nitrogens is 1. The van der Waals surface area contributed by atoms with Gasteiger partial charge in [0.15, 0.2) is 0 Å². The van der Waals surface area contributed by atoms with E-state index in [1.54, 1.807) is 24.2 Å². The van der Waals surface area contributed by atoms with Gasteiger partial charge in [-0.3, -0.25) is 14.4 Å². The third kappa shape index (κ3) is 4.11. The average Bonchev–Trinajstić information content (AvgIpc) is 2.68. The molecular weight excluding hydrogens is 368 g/mol. The number of aryl methyl sites for hydroxylation is 1. The van der Waals surface area contributed by atoms with Crippen LogP contribution in [0.5, 0.6) is 0 Å². The second-order valence-corrected chi connectivity index (χ2v) is 6.88. The molecule has 148 valence electrons. The van der Waals surface area contributed by atoms with Gasteiger partial charge in [-0.05, 0) is 43.0 Å². The summed E-state index contributed by atoms with van der Waals surface area (Å²) in [5.74, 6) is -2.81. The normalized spacial score (nSPS) is 14.8. The van der Waals surface area contributed by atoms with E-state index in [0.29, 0.717) is 25.9 Å². The van der Waals surface area contributed by atoms with Crippen LogP contribution in [0.1, 0.15) is 33.6 Å². The van der Waals surface area contributed by atoms with E-state index < -0.39 is 23.1 Å². The number of halogens is 2. The van der Waals surface area contributed by atoms with Crippen molar-refractivity contribution in [2.75, 3.05) is 19.6 Å². The largest absolute Gasteiger partial charge is 0.352 e. The molecule has 2 amide bonds. The lowest BCUT2D eigenvalue weighted by Gasteiger charge is -2.32. The Morgan fingerprint density at radius 2 is 1.75 bits per heavy atom. The van der Waals surface area contributed by atoms with Crippen molar-refractivity contribution < 1.29 is 18.4 Å². The Balaban J connectivity index is 1.54. The molecule has 2 heterocycles. The van der Waals surface area contributed by atoms with Crippen molar-refractivity contribution in [3.05, 3.63) is 69.6 Å². The van der Waals surface area contributed by atoms with E-state index in [0.717, 1.165) is 12.1 Å². The molecule has 0 radical (unpaired) electrons. The number of pyridine rings is 1. The molecule has 0 unspecified atom stereocenters. The SMILES string of the molecule is Cn1cccc(C(=O)N2CCC(CNC(=O)c3c(F)cccc3F)CC2)c1=O. The summed E-state index contributed by atoms with van der Waals surface area (Å²) in [6.07, 6.45) is 2.84. The van der Waals surface area contributed by atoms with Crippen LogP contribution in [0.2, 0.25) is 0 Å². The Kier molecular flexibility index (Phi) is 5.87. The Bertz CT molecular complexity index is 930. The second kappa shape index (κ2) is 8.33. The molecule has 0 aliphatic carbocycles. The lowest BCUT2D eigenvalue weighted by molar-refractivity contribution is 0.0681. The average molecular weight is 389 g/mol. The smallest absolute Gasteiger partial charge is 0.263 e. The molecule has 1 aromatic carbocycles. The van der Waals surface area contributed by atoms with Crippen LogP contribution in [-0.2, 0) is 7.05 Å². The molecule has 1 saturated heterocycles. The van der Waals surface area contributed by atoms with Gasteiger partial charge in [-0.15, -0.1) is 0 Å². The van der Waals surface area contributed by atoms with E-state index >= 15 is 0 Å². The summed E-state index contributed by atoms with van der Waals surface area (Å²) in [4.78, 5) is 38.3. The molecule has 1 aromatic heterocycles. The molecule has 0 spiro atoms. The van der Waals surface area contributed by atoms with Gasteiger partial charge in [0.05, 0.1) is 0 Å². The molecule has 2 aromatic rings. The Morgan fingerprint density at radius 3 is 2.39 bits per heavy atom. The lowest BCUT2D eigenvalue weighted by Crippen LogP contribution is -2.43. The van der Waals surface area contributed by atoms with Crippen LogP contribution in [0.4, 0.5) is 8.78 Å². The fourth-order valence-electron chi connectivity index (χ4n) is 3.31. The van der Waals surface area contributed by atoms with Crippen LogP contribution in [-0.4, -0.2) is 40.9 Å². The minimum Gasteiger partial charge on any atom is -0.352 e. The lowest BCUT2D eigenvalue weighted by atomic mass is 9.96. The zero-order valence-corrected chi connectivity index (χ0v) is 15.5. The van der Waals surface area contributed by atoms with Crippen LogP contribution in [0.3, 0.4) is 0 Å². The molecule has 3 rings (SSSR count). The predicted octanol–water partition coefficient (Wildman–Crippen LogP) is 1.95. The summed E-state index contributed by atoms with van der Waals surface area (Å²) in [6.45, 7) is 1.17. The fraction of sp³-hybridized carbons (Fsp3) is 0.350. The van der Waals surface area contributed by atoms with Gasteiger partial charge in [-0.2, -0.15) is 0 Å². The molecule has 8 heteroatoms. The minimum absolute atomic E-state index is 0.0847. The van der Waals surface area contributed by atoms with Crippen molar-refractivity contribution in [1.29, 1.82) is 0 Å². The van der Waals surface area contributed by atoms with Crippen LogP contribution in [0.15, 0.2) is 41.3 Å². The molecule has 1 fully saturated rings. The number of nitrogens with zero attached hydrogens (tertiary/aromatic N) is 2. The van der Waals surface area contributed by atoms with E-state index in [4.69, 9.17) is 0 Å². The zero-order valence-electron chi connectivity index (χ0n) is 15.5. The molecular formula is C20H21F2N3O3. The highest BCUT2D eigenvalue weighted by molar-refractivity contribution is 5.95. The number of hydrogen-bond donors (Lipinski definition) is 1. The number of piperidine rings is 1. The predicted molar refractivity (Wildman–Crippen MR) is 99.0 cm³/mol. The maximum atomic E-state index is 13.7. The highest BCUT2D eigenvalue weighted by atomic mass is 19.1. The summed E-state index contributed by atoms with van der Waals surface area (Å²) in [5.41, 5.74) is -0.796. The first-order valence-electron chi connectivity index (χ1n) is 9.05. The molecule has 0 saturated carbocycles. The van der Waals surface area contributed by atoms with Crippen LogP contribution in [0.25, 0.3) is 0 Å². The number of likely N-dealkylation sites (tertiary alicyclic amines) is 1. The van der Waals surface area contributed by atoms with Gasteiger partial charge in [-0.1, -0.05) is 6.07 Å². The number of carbonyl (C=O) groups excluding carboxylic acids is 2. The van der Waals surface area contributed by atoms with Gasteiger partial charge in [-0.25, -0.2) is 8.78 Å². The summed E-state index contributed by atoms with van der Waals surface area (Å²) in [7, 11) is 1.59. The highest BCUT2D eigenvalue weighted by Crippen LogP contribution is 2.18. The van der Waals surface area contributed by atoms with Gasteiger partial charge < -0.3 is 14.8 Å². The number of benzene rings is 1. The fourth-order valence-corrected chi connectivity index (χ4v) is 3.31. The van der Waals surface area contributed by atoms with E-state index in [2.05, 4.69) is 5.32 Å². The van der Waals surface area contributed by atoms with Gasteiger partial charge in [0, 0.05) is 32.9 Å². The van der Waals surface area contributed by atoms with Crippen molar-refractivity contribution in [2.45, 2.75) is 12.8 Å². The molecule has 28 heavy (non-hydrogen) atoms. The van der Waals surface area contributed by atoms with Crippen molar-refractivity contribution in [1.82, 2.24) is 14.8 Å². The van der Waals surface area contributed by atoms with E-state index in [1.165, 1.54) is 16.7 Å². The van der Waals surface area contributed by atoms with Crippen LogP contribution >= 0.6 is 0 Å². The molecule has 0 bridgehead atoms. The zero-order chi connectivity index (χ0) is 20.3. The van der Waals surface area contributed by atoms with Crippen molar-refractivity contribution in [2.24, 2.45) is 13.0 Å². The van der Waals surface area contributed by atoms with Crippen LogP contribution in [0, 0.1) is 17.6 Å². The summed E-state index contributed by atoms with van der Waals surface area (Å²) >= 11 is 0. The molecule has 1 N–H and O–H groups in total. The van der Waals surface area contributed by atoms with E-state index in [-0.39, 0.29) is 29.5 Å². The van der Waals surface area contributed by atoms with Crippen LogP contribution < -0.4 is 10.9 Å². The number of amides is 2. The Hall–Kier alpha value is -3.03. The van der Waals surface area contributed by atoms with Crippen molar-refractivity contribution in [3.8, 4) is 0 Å². The first-order chi connectivity index (χ1) is 13.4. The molecule has 0 atom stereocenters. The summed E-state index contributed by atoms with van der Waals surface area (Å²) in [5, 5.41) is 2.57. The third-order valence-electron chi connectivity index (χ3n) is 5.00. The first kappa shape index (κ1) is 19.7. The summed E-state index contributed by atoms with van der Waals surface area (Å²) < 4.78 is 28.7. The second-order valence-electron chi connectivity index (χ2n) is 6.88. The number of hydrogen-bond acceptors (Lipinski definition) is 3. The molecule has 1 aliphatic heterocycles. The molecule has 6 nitrogen and oxygen atoms in total. The Morgan fingerprint density at radius 1 is 1.11 bits per heavy atom. The standard InChI is InChI=1S/C20H21F2N3O3/c1-24-9-3-4-14(19(24)27)20(28)25-10-7-13(8-11-25)12-23-18(26)17-15(21)5-2-6-16(17)22/h2-6,9,13H,7-8,10-12H2,1H3,(H,23,26). The van der Waals surface area contributed by atoms with E-state index in [1.807, 2.05) is 0 Å². The topological polar surface area (TPSA) is 71.4 Å². The quantitative estimate of drug-likeness (QED) is 0.869. The summed E-state index contributed by atoms with van der Waals surface area (Å²) in [6, 6.07) is 6.44. The number of rotatable bonds is 4. The van der Waals surface area contributed by atoms with E-state index in [9.17, 15) is 23.2 Å². The monoisotopic (exact) mass is 389 g/mol. The maximum absolute atomic E-state index is 13.7. The van der Waals surface area contributed by atoms with Gasteiger partial charge in [0.2, 0.25) is 0 Å². The maximum Gasteiger partial charge on any atom is 0.263 e. The van der Waals surface area contributed by atoms with Gasteiger partial charge in [0.1, 0.15) is 22.8 Å². The first-order valence-corrected chi connectivity index (χ1v) is 9.05. The molecule has 1 aliphatic rings. The minimum atomic E-state index is -0.901. The van der Waals surface area contributed by atoms with Crippen molar-refractivity contribution >= 4 is 11.8 Å². The number of nitrogens with one attached hydrogen (secondary N) is 1. The highest BCUT2D eigenvalue weighted by Gasteiger charge is 2.26.